The zero-order chi connectivity index (χ0) is 18.7. The molecule has 3 atom stereocenters. The van der Waals surface area contributed by atoms with E-state index in [1.807, 2.05) is 30.3 Å². The number of anilines is 1. The number of ether oxygens (including phenoxy) is 1. The van der Waals surface area contributed by atoms with Crippen LogP contribution in [0.2, 0.25) is 0 Å². The van der Waals surface area contributed by atoms with Gasteiger partial charge >= 0.3 is 5.97 Å². The number of rotatable bonds is 6. The van der Waals surface area contributed by atoms with E-state index in [9.17, 15) is 19.8 Å². The minimum absolute atomic E-state index is 0.0245. The van der Waals surface area contributed by atoms with Crippen molar-refractivity contribution in [2.24, 2.45) is 0 Å². The Balaban J connectivity index is 1.89. The number of carbonyl (C=O) groups excluding carboxylic acids is 1. The molecule has 3 unspecified atom stereocenters. The van der Waals surface area contributed by atoms with Crippen molar-refractivity contribution in [3.05, 3.63) is 59.7 Å². The summed E-state index contributed by atoms with van der Waals surface area (Å²) in [4.78, 5) is 23.8. The number of hydrogen-bond donors (Lipinski definition) is 4. The maximum absolute atomic E-state index is 12.5. The van der Waals surface area contributed by atoms with E-state index in [0.29, 0.717) is 11.3 Å². The highest BCUT2D eigenvalue weighted by Crippen LogP contribution is 2.35. The van der Waals surface area contributed by atoms with E-state index in [1.165, 1.54) is 19.1 Å². The number of carboxylic acid groups (broad SMARTS) is 1. The quantitative estimate of drug-likeness (QED) is 0.590. The number of aromatic hydroxyl groups is 1. The lowest BCUT2D eigenvalue weighted by Crippen LogP contribution is -2.49. The van der Waals surface area contributed by atoms with Gasteiger partial charge in [0.1, 0.15) is 11.8 Å². The monoisotopic (exact) mass is 356 g/mol. The summed E-state index contributed by atoms with van der Waals surface area (Å²) in [6.45, 7) is 1.69. The fourth-order valence-electron chi connectivity index (χ4n) is 2.89. The van der Waals surface area contributed by atoms with Gasteiger partial charge in [-0.2, -0.15) is 0 Å². The molecule has 0 aliphatic carbocycles. The Kier molecular flexibility index (Phi) is 5.20. The molecule has 1 amide bonds. The number of phenolic OH excluding ortho intramolecular Hbond substituents is 1. The Bertz CT molecular complexity index is 809. The van der Waals surface area contributed by atoms with Gasteiger partial charge in [0, 0.05) is 5.69 Å². The fourth-order valence-corrected chi connectivity index (χ4v) is 2.89. The van der Waals surface area contributed by atoms with Crippen molar-refractivity contribution >= 4 is 17.6 Å². The number of hydrogen-bond acceptors (Lipinski definition) is 5. The van der Waals surface area contributed by atoms with E-state index in [1.54, 1.807) is 6.07 Å². The zero-order valence-electron chi connectivity index (χ0n) is 14.2. The Morgan fingerprint density at radius 3 is 2.69 bits per heavy atom. The first kappa shape index (κ1) is 17.9. The molecular formula is C19H20N2O5. The highest BCUT2D eigenvalue weighted by molar-refractivity contribution is 5.98. The first-order valence-corrected chi connectivity index (χ1v) is 8.24. The molecule has 0 saturated heterocycles. The largest absolute Gasteiger partial charge is 0.508 e. The third-order valence-electron chi connectivity index (χ3n) is 4.26. The van der Waals surface area contributed by atoms with Crippen molar-refractivity contribution in [3.8, 4) is 5.75 Å². The van der Waals surface area contributed by atoms with E-state index < -0.39 is 24.2 Å². The van der Waals surface area contributed by atoms with E-state index in [2.05, 4.69) is 10.6 Å². The van der Waals surface area contributed by atoms with Gasteiger partial charge in [0.15, 0.2) is 6.10 Å². The number of carboxylic acids is 1. The SMILES string of the molecule is CC(NC1c2cc(O)ccc2NC(=O)C1OCc1ccccc1)C(=O)O. The maximum Gasteiger partial charge on any atom is 0.320 e. The summed E-state index contributed by atoms with van der Waals surface area (Å²) in [5, 5.41) is 24.7. The van der Waals surface area contributed by atoms with Crippen LogP contribution in [0.25, 0.3) is 0 Å². The highest BCUT2D eigenvalue weighted by Gasteiger charge is 2.38. The van der Waals surface area contributed by atoms with Crippen molar-refractivity contribution < 1.29 is 24.5 Å². The van der Waals surface area contributed by atoms with Crippen LogP contribution in [0.4, 0.5) is 5.69 Å². The Hall–Kier alpha value is -2.90. The first-order valence-electron chi connectivity index (χ1n) is 8.24. The Morgan fingerprint density at radius 2 is 2.00 bits per heavy atom. The second-order valence-corrected chi connectivity index (χ2v) is 6.18. The summed E-state index contributed by atoms with van der Waals surface area (Å²) in [6, 6.07) is 12.3. The molecule has 3 rings (SSSR count). The average molecular weight is 356 g/mol. The molecule has 0 bridgehead atoms. The molecule has 0 spiro atoms. The van der Waals surface area contributed by atoms with Crippen LogP contribution in [0.5, 0.6) is 5.75 Å². The molecule has 2 aromatic carbocycles. The molecule has 1 aliphatic rings. The van der Waals surface area contributed by atoms with E-state index in [4.69, 9.17) is 4.74 Å². The van der Waals surface area contributed by atoms with Crippen LogP contribution < -0.4 is 10.6 Å². The lowest BCUT2D eigenvalue weighted by atomic mass is 9.93. The van der Waals surface area contributed by atoms with E-state index >= 15 is 0 Å². The fraction of sp³-hybridized carbons (Fsp3) is 0.263. The molecule has 1 aliphatic heterocycles. The third kappa shape index (κ3) is 3.84. The second-order valence-electron chi connectivity index (χ2n) is 6.18. The van der Waals surface area contributed by atoms with Crippen molar-refractivity contribution in [3.63, 3.8) is 0 Å². The average Bonchev–Trinajstić information content (AvgIpc) is 2.62. The van der Waals surface area contributed by atoms with Gasteiger partial charge in [-0.1, -0.05) is 30.3 Å². The molecule has 0 fully saturated rings. The molecule has 7 nitrogen and oxygen atoms in total. The van der Waals surface area contributed by atoms with Gasteiger partial charge in [-0.05, 0) is 36.2 Å². The van der Waals surface area contributed by atoms with Gasteiger partial charge in [0.2, 0.25) is 0 Å². The van der Waals surface area contributed by atoms with Crippen LogP contribution in [0, 0.1) is 0 Å². The van der Waals surface area contributed by atoms with Crippen molar-refractivity contribution in [2.75, 3.05) is 5.32 Å². The minimum Gasteiger partial charge on any atom is -0.508 e. The van der Waals surface area contributed by atoms with Crippen molar-refractivity contribution in [2.45, 2.75) is 31.7 Å². The van der Waals surface area contributed by atoms with Gasteiger partial charge < -0.3 is 20.3 Å². The van der Waals surface area contributed by atoms with Gasteiger partial charge in [0.25, 0.3) is 5.91 Å². The van der Waals surface area contributed by atoms with Crippen LogP contribution in [0.3, 0.4) is 0 Å². The summed E-state index contributed by atoms with van der Waals surface area (Å²) >= 11 is 0. The van der Waals surface area contributed by atoms with Crippen LogP contribution in [-0.4, -0.2) is 34.2 Å². The van der Waals surface area contributed by atoms with Crippen LogP contribution >= 0.6 is 0 Å². The van der Waals surface area contributed by atoms with Crippen LogP contribution in [0.1, 0.15) is 24.1 Å². The Labute approximate surface area is 150 Å². The minimum atomic E-state index is -1.04. The van der Waals surface area contributed by atoms with Crippen molar-refractivity contribution in [1.29, 1.82) is 0 Å². The molecule has 136 valence electrons. The number of benzene rings is 2. The lowest BCUT2D eigenvalue weighted by molar-refractivity contribution is -0.141. The molecule has 2 aromatic rings. The number of aliphatic carboxylic acids is 1. The molecular weight excluding hydrogens is 336 g/mol. The smallest absolute Gasteiger partial charge is 0.320 e. The second kappa shape index (κ2) is 7.55. The number of carbonyl (C=O) groups is 2. The highest BCUT2D eigenvalue weighted by atomic mass is 16.5. The number of nitrogens with one attached hydrogen (secondary N) is 2. The summed E-state index contributed by atoms with van der Waals surface area (Å²) < 4.78 is 5.82. The van der Waals surface area contributed by atoms with Crippen LogP contribution in [0.15, 0.2) is 48.5 Å². The zero-order valence-corrected chi connectivity index (χ0v) is 14.2. The van der Waals surface area contributed by atoms with Crippen LogP contribution in [-0.2, 0) is 20.9 Å². The number of fused-ring (bicyclic) bond motifs is 1. The van der Waals surface area contributed by atoms with Gasteiger partial charge in [-0.3, -0.25) is 14.9 Å². The van der Waals surface area contributed by atoms with Gasteiger partial charge in [-0.25, -0.2) is 0 Å². The maximum atomic E-state index is 12.5. The molecule has 0 radical (unpaired) electrons. The van der Waals surface area contributed by atoms with Gasteiger partial charge in [0.05, 0.1) is 12.6 Å². The molecule has 26 heavy (non-hydrogen) atoms. The summed E-state index contributed by atoms with van der Waals surface area (Å²) in [7, 11) is 0. The predicted octanol–water partition coefficient (Wildman–Crippen LogP) is 2.03. The molecule has 1 heterocycles. The topological polar surface area (TPSA) is 108 Å². The summed E-state index contributed by atoms with van der Waals surface area (Å²) in [6.07, 6.45) is -0.939. The Morgan fingerprint density at radius 1 is 1.27 bits per heavy atom. The molecule has 0 aromatic heterocycles. The summed E-state index contributed by atoms with van der Waals surface area (Å²) in [5.74, 6) is -1.38. The first-order chi connectivity index (χ1) is 12.5. The standard InChI is InChI=1S/C19H20N2O5/c1-11(19(24)25)20-16-14-9-13(22)7-8-15(14)21-18(23)17(16)26-10-12-5-3-2-4-6-12/h2-9,11,16-17,20,22H,10H2,1H3,(H,21,23)(H,24,25). The summed E-state index contributed by atoms with van der Waals surface area (Å²) in [5.41, 5.74) is 1.99. The van der Waals surface area contributed by atoms with Crippen molar-refractivity contribution in [1.82, 2.24) is 5.32 Å². The normalized spacial score (nSPS) is 20.1. The van der Waals surface area contributed by atoms with Gasteiger partial charge in [-0.15, -0.1) is 0 Å². The number of amides is 1. The molecule has 4 N–H and O–H groups in total. The lowest BCUT2D eigenvalue weighted by Gasteiger charge is -2.34. The third-order valence-corrected chi connectivity index (χ3v) is 4.26. The number of phenols is 1. The van der Waals surface area contributed by atoms with E-state index in [-0.39, 0.29) is 18.3 Å². The predicted molar refractivity (Wildman–Crippen MR) is 94.7 cm³/mol. The van der Waals surface area contributed by atoms with E-state index in [0.717, 1.165) is 5.56 Å². The molecule has 0 saturated carbocycles. The molecule has 7 heteroatoms.